The monoisotopic (exact) mass is 243 g/mol. The molecule has 0 spiro atoms. The highest BCUT2D eigenvalue weighted by atomic mass is 16.4. The second-order valence-electron chi connectivity index (χ2n) is 4.46. The Bertz CT molecular complexity index is 283. The first kappa shape index (κ1) is 13.8. The van der Waals surface area contributed by atoms with Crippen LogP contribution in [0.25, 0.3) is 0 Å². The number of hydrogen-bond acceptors (Lipinski definition) is 3. The van der Waals surface area contributed by atoms with Crippen LogP contribution in [0.1, 0.15) is 20.3 Å². The van der Waals surface area contributed by atoms with Crippen LogP contribution in [-0.2, 0) is 4.79 Å². The maximum atomic E-state index is 11.4. The van der Waals surface area contributed by atoms with E-state index < -0.39 is 18.0 Å². The van der Waals surface area contributed by atoms with E-state index >= 15 is 0 Å². The van der Waals surface area contributed by atoms with Gasteiger partial charge in [-0.15, -0.1) is 0 Å². The topological polar surface area (TPSA) is 81.7 Å². The Labute approximate surface area is 101 Å². The van der Waals surface area contributed by atoms with Gasteiger partial charge >= 0.3 is 12.0 Å². The second-order valence-corrected chi connectivity index (χ2v) is 4.46. The van der Waals surface area contributed by atoms with Crippen molar-refractivity contribution in [2.24, 2.45) is 5.92 Å². The molecule has 6 nitrogen and oxygen atoms in total. The van der Waals surface area contributed by atoms with Gasteiger partial charge in [-0.25, -0.2) is 4.79 Å². The first-order valence-corrected chi connectivity index (χ1v) is 6.02. The molecule has 0 aromatic carbocycles. The molecule has 3 N–H and O–H groups in total. The second kappa shape index (κ2) is 6.44. The normalized spacial score (nSPS) is 22.1. The lowest BCUT2D eigenvalue weighted by Crippen LogP contribution is -2.45. The number of carbonyl (C=O) groups excluding carboxylic acids is 1. The first-order valence-electron chi connectivity index (χ1n) is 6.02. The quantitative estimate of drug-likeness (QED) is 0.639. The lowest BCUT2D eigenvalue weighted by Gasteiger charge is -2.15. The van der Waals surface area contributed by atoms with Crippen molar-refractivity contribution >= 4 is 12.0 Å². The number of carbonyl (C=O) groups is 2. The highest BCUT2D eigenvalue weighted by Crippen LogP contribution is 2.14. The molecule has 1 fully saturated rings. The van der Waals surface area contributed by atoms with Crippen molar-refractivity contribution in [3.63, 3.8) is 0 Å². The van der Waals surface area contributed by atoms with Gasteiger partial charge in [0.05, 0.1) is 0 Å². The van der Waals surface area contributed by atoms with E-state index in [0.717, 1.165) is 26.1 Å². The standard InChI is InChI=1S/C11H21N3O3/c1-3-14-5-4-9(7-14)6-12-11(17)13-8(2)10(15)16/h8-9H,3-7H2,1-2H3,(H,15,16)(H2,12,13,17)/t8-,9?/m0/s1. The fourth-order valence-electron chi connectivity index (χ4n) is 1.91. The van der Waals surface area contributed by atoms with Crippen LogP contribution in [-0.4, -0.2) is 54.2 Å². The maximum absolute atomic E-state index is 11.4. The van der Waals surface area contributed by atoms with Crippen molar-refractivity contribution in [2.75, 3.05) is 26.2 Å². The zero-order valence-electron chi connectivity index (χ0n) is 10.4. The summed E-state index contributed by atoms with van der Waals surface area (Å²) in [6.45, 7) is 7.29. The fourth-order valence-corrected chi connectivity index (χ4v) is 1.91. The van der Waals surface area contributed by atoms with Gasteiger partial charge in [0.2, 0.25) is 0 Å². The van der Waals surface area contributed by atoms with Gasteiger partial charge in [-0.2, -0.15) is 0 Å². The van der Waals surface area contributed by atoms with Crippen LogP contribution >= 0.6 is 0 Å². The summed E-state index contributed by atoms with van der Waals surface area (Å²) in [6, 6.07) is -1.26. The van der Waals surface area contributed by atoms with Gasteiger partial charge in [0.1, 0.15) is 6.04 Å². The van der Waals surface area contributed by atoms with Crippen LogP contribution in [0.4, 0.5) is 4.79 Å². The van der Waals surface area contributed by atoms with Crippen LogP contribution in [0.15, 0.2) is 0 Å². The molecule has 0 bridgehead atoms. The van der Waals surface area contributed by atoms with Gasteiger partial charge in [0, 0.05) is 13.1 Å². The number of hydrogen-bond donors (Lipinski definition) is 3. The molecule has 1 aliphatic heterocycles. The molecule has 1 unspecified atom stereocenters. The average Bonchev–Trinajstić information content (AvgIpc) is 2.74. The van der Waals surface area contributed by atoms with Crippen LogP contribution < -0.4 is 10.6 Å². The van der Waals surface area contributed by atoms with E-state index in [4.69, 9.17) is 5.11 Å². The minimum atomic E-state index is -1.03. The average molecular weight is 243 g/mol. The Morgan fingerprint density at radius 1 is 1.53 bits per heavy atom. The molecule has 1 rings (SSSR count). The van der Waals surface area contributed by atoms with Crippen molar-refractivity contribution < 1.29 is 14.7 Å². The number of amides is 2. The Balaban J connectivity index is 2.18. The molecular weight excluding hydrogens is 222 g/mol. The number of nitrogens with zero attached hydrogens (tertiary/aromatic N) is 1. The SMILES string of the molecule is CCN1CCC(CNC(=O)N[C@@H](C)C(=O)O)C1. The number of carboxylic acid groups (broad SMARTS) is 1. The summed E-state index contributed by atoms with van der Waals surface area (Å²) in [5, 5.41) is 13.7. The summed E-state index contributed by atoms with van der Waals surface area (Å²) in [7, 11) is 0. The van der Waals surface area contributed by atoms with E-state index in [-0.39, 0.29) is 0 Å². The van der Waals surface area contributed by atoms with Crippen molar-refractivity contribution in [1.82, 2.24) is 15.5 Å². The third-order valence-corrected chi connectivity index (χ3v) is 3.09. The van der Waals surface area contributed by atoms with E-state index in [1.54, 1.807) is 0 Å². The number of rotatable bonds is 5. The molecule has 1 heterocycles. The molecule has 0 aromatic rings. The predicted octanol–water partition coefficient (Wildman–Crippen LogP) is 0.101. The van der Waals surface area contributed by atoms with E-state index in [1.807, 2.05) is 0 Å². The smallest absolute Gasteiger partial charge is 0.325 e. The molecule has 0 radical (unpaired) electrons. The maximum Gasteiger partial charge on any atom is 0.325 e. The molecule has 1 aliphatic rings. The fraction of sp³-hybridized carbons (Fsp3) is 0.818. The van der Waals surface area contributed by atoms with Crippen molar-refractivity contribution in [3.05, 3.63) is 0 Å². The Hall–Kier alpha value is -1.30. The van der Waals surface area contributed by atoms with Crippen molar-refractivity contribution in [2.45, 2.75) is 26.3 Å². The van der Waals surface area contributed by atoms with E-state index in [1.165, 1.54) is 6.92 Å². The third-order valence-electron chi connectivity index (χ3n) is 3.09. The summed E-state index contributed by atoms with van der Waals surface area (Å²) in [5.74, 6) is -0.556. The summed E-state index contributed by atoms with van der Waals surface area (Å²) in [5.41, 5.74) is 0. The molecule has 1 saturated heterocycles. The molecule has 0 aliphatic carbocycles. The molecule has 0 aromatic heterocycles. The summed E-state index contributed by atoms with van der Waals surface area (Å²) < 4.78 is 0. The highest BCUT2D eigenvalue weighted by molar-refractivity contribution is 5.82. The first-order chi connectivity index (χ1) is 8.02. The number of urea groups is 1. The van der Waals surface area contributed by atoms with Gasteiger partial charge in [0.15, 0.2) is 0 Å². The Morgan fingerprint density at radius 3 is 2.76 bits per heavy atom. The zero-order chi connectivity index (χ0) is 12.8. The zero-order valence-corrected chi connectivity index (χ0v) is 10.4. The van der Waals surface area contributed by atoms with Crippen LogP contribution in [0.2, 0.25) is 0 Å². The van der Waals surface area contributed by atoms with E-state index in [0.29, 0.717) is 12.5 Å². The lowest BCUT2D eigenvalue weighted by atomic mass is 10.1. The number of carboxylic acids is 1. The molecule has 17 heavy (non-hydrogen) atoms. The summed E-state index contributed by atoms with van der Waals surface area (Å²) in [4.78, 5) is 24.2. The highest BCUT2D eigenvalue weighted by Gasteiger charge is 2.22. The van der Waals surface area contributed by atoms with Crippen LogP contribution in [0, 0.1) is 5.92 Å². The van der Waals surface area contributed by atoms with E-state index in [2.05, 4.69) is 22.5 Å². The summed E-state index contributed by atoms with van der Waals surface area (Å²) >= 11 is 0. The minimum absolute atomic E-state index is 0.408. The molecule has 98 valence electrons. The molecule has 0 saturated carbocycles. The lowest BCUT2D eigenvalue weighted by molar-refractivity contribution is -0.138. The van der Waals surface area contributed by atoms with Gasteiger partial charge in [-0.1, -0.05) is 6.92 Å². The van der Waals surface area contributed by atoms with Crippen molar-refractivity contribution in [1.29, 1.82) is 0 Å². The van der Waals surface area contributed by atoms with Gasteiger partial charge in [-0.3, -0.25) is 4.79 Å². The Kier molecular flexibility index (Phi) is 5.21. The molecule has 6 heteroatoms. The molecule has 2 amide bonds. The minimum Gasteiger partial charge on any atom is -0.480 e. The number of aliphatic carboxylic acids is 1. The predicted molar refractivity (Wildman–Crippen MR) is 63.9 cm³/mol. The third kappa shape index (κ3) is 4.60. The number of likely N-dealkylation sites (tertiary alicyclic amines) is 1. The molecular formula is C11H21N3O3. The Morgan fingerprint density at radius 2 is 2.24 bits per heavy atom. The number of nitrogens with one attached hydrogen (secondary N) is 2. The molecule has 2 atom stereocenters. The van der Waals surface area contributed by atoms with E-state index in [9.17, 15) is 9.59 Å². The van der Waals surface area contributed by atoms with Crippen LogP contribution in [0.3, 0.4) is 0 Å². The van der Waals surface area contributed by atoms with Crippen molar-refractivity contribution in [3.8, 4) is 0 Å². The largest absolute Gasteiger partial charge is 0.480 e. The van der Waals surface area contributed by atoms with Gasteiger partial charge < -0.3 is 20.6 Å². The van der Waals surface area contributed by atoms with Crippen LogP contribution in [0.5, 0.6) is 0 Å². The van der Waals surface area contributed by atoms with Gasteiger partial charge in [-0.05, 0) is 32.4 Å². The van der Waals surface area contributed by atoms with Gasteiger partial charge in [0.25, 0.3) is 0 Å². The summed E-state index contributed by atoms with van der Waals surface area (Å²) in [6.07, 6.45) is 1.09.